The van der Waals surface area contributed by atoms with E-state index in [1.54, 1.807) is 66.7 Å². The van der Waals surface area contributed by atoms with Crippen molar-refractivity contribution in [3.63, 3.8) is 0 Å². The fourth-order valence-electron chi connectivity index (χ4n) is 4.23. The zero-order chi connectivity index (χ0) is 26.3. The van der Waals surface area contributed by atoms with Crippen molar-refractivity contribution in [3.05, 3.63) is 113 Å². The molecule has 185 valence electrons. The Balaban J connectivity index is 0.00000336. The third-order valence-corrected chi connectivity index (χ3v) is 6.81. The number of hydrogen-bond acceptors (Lipinski definition) is 7. The molecule has 0 heterocycles. The predicted molar refractivity (Wildman–Crippen MR) is 144 cm³/mol. The van der Waals surface area contributed by atoms with Gasteiger partial charge in [-0.25, -0.2) is 0 Å². The van der Waals surface area contributed by atoms with E-state index in [-0.39, 0.29) is 63.4 Å². The molecule has 0 atom stereocenters. The van der Waals surface area contributed by atoms with Crippen molar-refractivity contribution in [2.24, 2.45) is 0 Å². The minimum absolute atomic E-state index is 0. The van der Waals surface area contributed by atoms with Gasteiger partial charge in [-0.3, -0.25) is 18.9 Å². The summed E-state index contributed by atoms with van der Waals surface area (Å²) in [5.41, 5.74) is 6.49. The second kappa shape index (κ2) is 10.5. The number of anilines is 4. The maximum atomic E-state index is 13.4. The van der Waals surface area contributed by atoms with Gasteiger partial charge in [0.15, 0.2) is 11.6 Å². The maximum Gasteiger partial charge on any atom is 0.296 e. The third-order valence-electron chi connectivity index (χ3n) is 5.91. The van der Waals surface area contributed by atoms with Crippen LogP contribution in [0.2, 0.25) is 0 Å². The number of ketones is 2. The molecular formula is C27H19N3NaO6S. The molecule has 0 saturated heterocycles. The first-order chi connectivity index (χ1) is 17.6. The Labute approximate surface area is 240 Å². The molecular weight excluding hydrogens is 517 g/mol. The van der Waals surface area contributed by atoms with Gasteiger partial charge >= 0.3 is 0 Å². The minimum Gasteiger partial charge on any atom is -0.397 e. The number of carbonyl (C=O) groups is 3. The van der Waals surface area contributed by atoms with E-state index in [9.17, 15) is 27.4 Å². The van der Waals surface area contributed by atoms with Gasteiger partial charge in [0.1, 0.15) is 4.90 Å². The van der Waals surface area contributed by atoms with Gasteiger partial charge in [-0.2, -0.15) is 8.42 Å². The van der Waals surface area contributed by atoms with Gasteiger partial charge in [0.05, 0.1) is 22.5 Å². The Hall–Kier alpha value is -3.80. The van der Waals surface area contributed by atoms with Crippen LogP contribution in [0.25, 0.3) is 0 Å². The molecule has 1 aliphatic rings. The third kappa shape index (κ3) is 5.00. The van der Waals surface area contributed by atoms with Gasteiger partial charge in [0.2, 0.25) is 0 Å². The van der Waals surface area contributed by atoms with E-state index in [1.807, 2.05) is 0 Å². The van der Waals surface area contributed by atoms with Crippen LogP contribution in [0.3, 0.4) is 0 Å². The van der Waals surface area contributed by atoms with Gasteiger partial charge in [-0.15, -0.1) is 0 Å². The van der Waals surface area contributed by atoms with Gasteiger partial charge in [0.25, 0.3) is 16.0 Å². The molecule has 0 unspecified atom stereocenters. The molecule has 1 amide bonds. The summed E-state index contributed by atoms with van der Waals surface area (Å²) in [6.07, 6.45) is 0. The van der Waals surface area contributed by atoms with E-state index < -0.39 is 32.3 Å². The van der Waals surface area contributed by atoms with Crippen molar-refractivity contribution in [2.75, 3.05) is 16.4 Å². The van der Waals surface area contributed by atoms with Crippen LogP contribution in [-0.2, 0) is 10.1 Å². The largest absolute Gasteiger partial charge is 0.397 e. The Morgan fingerprint density at radius 3 is 1.97 bits per heavy atom. The molecule has 0 fully saturated rings. The van der Waals surface area contributed by atoms with E-state index in [2.05, 4.69) is 10.6 Å². The first-order valence-electron chi connectivity index (χ1n) is 11.0. The van der Waals surface area contributed by atoms with Crippen LogP contribution >= 0.6 is 0 Å². The minimum atomic E-state index is -4.84. The SMILES string of the molecule is Nc1c(S(=O)(=O)O)cc(Nc2cccc(NC(=O)c3ccccc3)c2)c2c1C(=O)c1ccccc1C2=O.[Na]. The van der Waals surface area contributed by atoms with Crippen molar-refractivity contribution in [2.45, 2.75) is 4.90 Å². The Kier molecular flexibility index (Phi) is 7.54. The molecule has 9 nitrogen and oxygen atoms in total. The van der Waals surface area contributed by atoms with Crippen LogP contribution in [0.1, 0.15) is 42.2 Å². The Morgan fingerprint density at radius 2 is 1.34 bits per heavy atom. The normalized spacial score (nSPS) is 12.1. The molecule has 0 aliphatic heterocycles. The smallest absolute Gasteiger partial charge is 0.296 e. The summed E-state index contributed by atoms with van der Waals surface area (Å²) in [5.74, 6) is -1.51. The number of rotatable bonds is 5. The maximum absolute atomic E-state index is 13.4. The number of amides is 1. The first kappa shape index (κ1) is 27.2. The average Bonchev–Trinajstić information content (AvgIpc) is 2.88. The van der Waals surface area contributed by atoms with Crippen LogP contribution in [0.5, 0.6) is 0 Å². The zero-order valence-electron chi connectivity index (χ0n) is 20.1. The fourth-order valence-corrected chi connectivity index (χ4v) is 4.88. The van der Waals surface area contributed by atoms with E-state index in [0.717, 1.165) is 6.07 Å². The van der Waals surface area contributed by atoms with Gasteiger partial charge in [0, 0.05) is 57.6 Å². The van der Waals surface area contributed by atoms with Crippen LogP contribution in [0, 0.1) is 0 Å². The molecule has 11 heteroatoms. The molecule has 4 aromatic carbocycles. The number of fused-ring (bicyclic) bond motifs is 2. The van der Waals surface area contributed by atoms with E-state index in [4.69, 9.17) is 5.73 Å². The molecule has 0 aromatic heterocycles. The quantitative estimate of drug-likeness (QED) is 0.150. The number of nitrogen functional groups attached to an aromatic ring is 1. The van der Waals surface area contributed by atoms with Crippen LogP contribution in [0.4, 0.5) is 22.7 Å². The van der Waals surface area contributed by atoms with Gasteiger partial charge in [-0.05, 0) is 36.4 Å². The van der Waals surface area contributed by atoms with E-state index in [1.165, 1.54) is 12.1 Å². The number of carbonyl (C=O) groups excluding carboxylic acids is 3. The van der Waals surface area contributed by atoms with E-state index in [0.29, 0.717) is 16.9 Å². The summed E-state index contributed by atoms with van der Waals surface area (Å²) in [6.45, 7) is 0. The monoisotopic (exact) mass is 536 g/mol. The molecule has 0 spiro atoms. The summed E-state index contributed by atoms with van der Waals surface area (Å²) in [5, 5.41) is 5.72. The number of benzene rings is 4. The first-order valence-corrected chi connectivity index (χ1v) is 12.4. The van der Waals surface area contributed by atoms with Crippen LogP contribution in [-0.4, -0.2) is 60.0 Å². The van der Waals surface area contributed by atoms with Crippen LogP contribution < -0.4 is 16.4 Å². The van der Waals surface area contributed by atoms with Crippen molar-refractivity contribution in [1.29, 1.82) is 0 Å². The summed E-state index contributed by atoms with van der Waals surface area (Å²) < 4.78 is 34.0. The van der Waals surface area contributed by atoms with Crippen LogP contribution in [0.15, 0.2) is 89.8 Å². The molecule has 0 saturated carbocycles. The molecule has 1 aliphatic carbocycles. The summed E-state index contributed by atoms with van der Waals surface area (Å²) in [4.78, 5) is 38.6. The molecule has 5 N–H and O–H groups in total. The second-order valence-electron chi connectivity index (χ2n) is 8.29. The van der Waals surface area contributed by atoms with E-state index >= 15 is 0 Å². The Morgan fingerprint density at radius 1 is 0.763 bits per heavy atom. The topological polar surface area (TPSA) is 156 Å². The summed E-state index contributed by atoms with van der Waals surface area (Å²) in [7, 11) is -4.84. The molecule has 0 bridgehead atoms. The van der Waals surface area contributed by atoms with Crippen molar-refractivity contribution in [3.8, 4) is 0 Å². The predicted octanol–water partition coefficient (Wildman–Crippen LogP) is 3.91. The number of hydrogen-bond donors (Lipinski definition) is 4. The van der Waals surface area contributed by atoms with Gasteiger partial charge in [-0.1, -0.05) is 48.5 Å². The fraction of sp³-hybridized carbons (Fsp3) is 0. The Bertz CT molecular complexity index is 1720. The van der Waals surface area contributed by atoms with Crippen molar-refractivity contribution >= 4 is 79.9 Å². The standard InChI is InChI=1S/C27H19N3O6S.Na/c28-24-21(37(34,35)36)14-20(22-23(24)26(32)19-12-5-4-11-18(19)25(22)31)29-16-9-6-10-17(13-16)30-27(33)15-7-2-1-3-8-15;/h1-14,29H,28H2,(H,30,33)(H,34,35,36);. The van der Waals surface area contributed by atoms with Gasteiger partial charge < -0.3 is 16.4 Å². The average molecular weight is 537 g/mol. The zero-order valence-corrected chi connectivity index (χ0v) is 22.9. The van der Waals surface area contributed by atoms with Crippen molar-refractivity contribution in [1.82, 2.24) is 0 Å². The van der Waals surface area contributed by atoms with Crippen molar-refractivity contribution < 1.29 is 27.4 Å². The molecule has 1 radical (unpaired) electrons. The summed E-state index contributed by atoms with van der Waals surface area (Å²) >= 11 is 0. The number of nitrogens with two attached hydrogens (primary N) is 1. The number of nitrogens with one attached hydrogen (secondary N) is 2. The summed E-state index contributed by atoms with van der Waals surface area (Å²) in [6, 6.07) is 22.2. The molecule has 4 aromatic rings. The second-order valence-corrected chi connectivity index (χ2v) is 9.68. The molecule has 38 heavy (non-hydrogen) atoms. The molecule has 5 rings (SSSR count).